The summed E-state index contributed by atoms with van der Waals surface area (Å²) in [5.41, 5.74) is 4.27. The van der Waals surface area contributed by atoms with Crippen LogP contribution in [0.15, 0.2) is 64.0 Å². The molecule has 4 aromatic rings. The van der Waals surface area contributed by atoms with Gasteiger partial charge in [-0.05, 0) is 18.4 Å². The van der Waals surface area contributed by atoms with E-state index in [1.54, 1.807) is 18.4 Å². The number of rotatable bonds is 9. The van der Waals surface area contributed by atoms with Gasteiger partial charge in [-0.3, -0.25) is 9.79 Å². The van der Waals surface area contributed by atoms with Gasteiger partial charge in [-0.1, -0.05) is 66.6 Å². The van der Waals surface area contributed by atoms with Gasteiger partial charge in [0.05, 0.1) is 12.3 Å². The monoisotopic (exact) mass is 528 g/mol. The van der Waals surface area contributed by atoms with Gasteiger partial charge in [-0.25, -0.2) is 4.98 Å². The first kappa shape index (κ1) is 24.4. The molecule has 38 heavy (non-hydrogen) atoms. The van der Waals surface area contributed by atoms with E-state index in [1.807, 2.05) is 54.6 Å². The quantitative estimate of drug-likeness (QED) is 0.300. The van der Waals surface area contributed by atoms with Crippen LogP contribution in [-0.2, 0) is 21.4 Å². The molecular weight excluding hydrogens is 500 g/mol. The molecule has 3 heterocycles. The molecule has 1 aliphatic heterocycles. The molecule has 2 N–H and O–H groups in total. The first-order chi connectivity index (χ1) is 18.5. The number of aromatic nitrogens is 3. The SMILES string of the molecule is COCCNc1sc(C2(C)CC2)nc1-c1nnc(N[C@H]2N=C(c3ccccc3)c3ccccc3CC2=O)o1. The van der Waals surface area contributed by atoms with Crippen LogP contribution in [0.3, 0.4) is 0 Å². The van der Waals surface area contributed by atoms with Gasteiger partial charge in [-0.2, -0.15) is 0 Å². The standard InChI is InChI=1S/C28H28N6O3S/c1-28(12-13-28)26-31-22(25(38-26)29-14-15-36-2)24-33-34-27(37-24)32-23-20(35)16-18-10-6-7-11-19(18)21(30-23)17-8-4-3-5-9-17/h3-11,23,29H,12-16H2,1-2H3,(H,32,34)/t23-/m1/s1. The van der Waals surface area contributed by atoms with E-state index in [0.29, 0.717) is 18.8 Å². The van der Waals surface area contributed by atoms with Crippen LogP contribution < -0.4 is 10.6 Å². The number of anilines is 2. The average Bonchev–Trinajstić information content (AvgIpc) is 3.34. The Morgan fingerprint density at radius 3 is 2.68 bits per heavy atom. The van der Waals surface area contributed by atoms with Crippen LogP contribution >= 0.6 is 11.3 Å². The molecule has 0 bridgehead atoms. The van der Waals surface area contributed by atoms with Crippen LogP contribution in [0, 0.1) is 0 Å². The van der Waals surface area contributed by atoms with E-state index < -0.39 is 6.17 Å². The summed E-state index contributed by atoms with van der Waals surface area (Å²) in [6.45, 7) is 3.41. The molecule has 0 radical (unpaired) electrons. The molecule has 2 aromatic heterocycles. The number of hydrogen-bond acceptors (Lipinski definition) is 10. The van der Waals surface area contributed by atoms with Crippen molar-refractivity contribution in [1.29, 1.82) is 0 Å². The number of hydrogen-bond donors (Lipinski definition) is 2. The molecule has 1 aliphatic carbocycles. The summed E-state index contributed by atoms with van der Waals surface area (Å²) in [6.07, 6.45) is 1.60. The molecule has 1 saturated carbocycles. The molecule has 2 aliphatic rings. The van der Waals surface area contributed by atoms with Crippen molar-refractivity contribution in [1.82, 2.24) is 15.2 Å². The number of nitrogens with zero attached hydrogens (tertiary/aromatic N) is 4. The minimum absolute atomic E-state index is 0.0809. The van der Waals surface area contributed by atoms with Crippen molar-refractivity contribution in [3.05, 3.63) is 76.3 Å². The van der Waals surface area contributed by atoms with E-state index >= 15 is 0 Å². The Labute approximate surface area is 224 Å². The van der Waals surface area contributed by atoms with Crippen LogP contribution in [0.25, 0.3) is 11.6 Å². The van der Waals surface area contributed by atoms with Crippen LogP contribution in [0.2, 0.25) is 0 Å². The molecule has 0 amide bonds. The maximum atomic E-state index is 13.3. The van der Waals surface area contributed by atoms with E-state index in [1.165, 1.54) is 0 Å². The molecular formula is C28H28N6O3S. The summed E-state index contributed by atoms with van der Waals surface area (Å²) < 4.78 is 11.2. The third-order valence-corrected chi connectivity index (χ3v) is 8.19. The maximum Gasteiger partial charge on any atom is 0.317 e. The zero-order valence-corrected chi connectivity index (χ0v) is 22.0. The number of nitrogens with one attached hydrogen (secondary N) is 2. The number of benzene rings is 2. The number of aliphatic imine (C=N–C) groups is 1. The lowest BCUT2D eigenvalue weighted by atomic mass is 9.96. The highest BCUT2D eigenvalue weighted by atomic mass is 32.1. The number of ketones is 1. The van der Waals surface area contributed by atoms with Crippen molar-refractivity contribution in [3.8, 4) is 11.6 Å². The fraction of sp³-hybridized carbons (Fsp3) is 0.321. The number of thiazole rings is 1. The molecule has 2 aromatic carbocycles. The Balaban J connectivity index is 1.30. The van der Waals surface area contributed by atoms with Gasteiger partial charge in [0.25, 0.3) is 5.89 Å². The molecule has 194 valence electrons. The molecule has 10 heteroatoms. The van der Waals surface area contributed by atoms with Crippen LogP contribution in [-0.4, -0.2) is 53.1 Å². The summed E-state index contributed by atoms with van der Waals surface area (Å²) in [4.78, 5) is 23.0. The topological polar surface area (TPSA) is 115 Å². The third-order valence-electron chi connectivity index (χ3n) is 6.87. The molecule has 1 fully saturated rings. The van der Waals surface area contributed by atoms with Gasteiger partial charge in [0.15, 0.2) is 17.6 Å². The van der Waals surface area contributed by atoms with Crippen molar-refractivity contribution >= 4 is 33.8 Å². The van der Waals surface area contributed by atoms with Gasteiger partial charge in [0.1, 0.15) is 10.0 Å². The lowest BCUT2D eigenvalue weighted by Crippen LogP contribution is -2.29. The second-order valence-corrected chi connectivity index (χ2v) is 10.8. The highest BCUT2D eigenvalue weighted by molar-refractivity contribution is 7.16. The van der Waals surface area contributed by atoms with Gasteiger partial charge >= 0.3 is 6.01 Å². The number of carbonyl (C=O) groups excluding carboxylic acids is 1. The fourth-order valence-electron chi connectivity index (χ4n) is 4.40. The van der Waals surface area contributed by atoms with E-state index in [-0.39, 0.29) is 29.5 Å². The summed E-state index contributed by atoms with van der Waals surface area (Å²) >= 11 is 1.61. The van der Waals surface area contributed by atoms with Gasteiger partial charge in [0, 0.05) is 36.6 Å². The fourth-order valence-corrected chi connectivity index (χ4v) is 5.59. The lowest BCUT2D eigenvalue weighted by molar-refractivity contribution is -0.119. The van der Waals surface area contributed by atoms with Crippen molar-refractivity contribution in [2.45, 2.75) is 37.8 Å². The number of fused-ring (bicyclic) bond motifs is 1. The summed E-state index contributed by atoms with van der Waals surface area (Å²) in [7, 11) is 1.67. The van der Waals surface area contributed by atoms with Crippen molar-refractivity contribution in [2.24, 2.45) is 4.99 Å². The first-order valence-corrected chi connectivity index (χ1v) is 13.4. The van der Waals surface area contributed by atoms with Gasteiger partial charge in [-0.15, -0.1) is 16.4 Å². The van der Waals surface area contributed by atoms with Crippen molar-refractivity contribution in [3.63, 3.8) is 0 Å². The Morgan fingerprint density at radius 1 is 1.11 bits per heavy atom. The Bertz CT molecular complexity index is 1490. The average molecular weight is 529 g/mol. The summed E-state index contributed by atoms with van der Waals surface area (Å²) in [6, 6.07) is 17.9. The number of ether oxygens (including phenoxy) is 1. The first-order valence-electron chi connectivity index (χ1n) is 12.6. The zero-order valence-electron chi connectivity index (χ0n) is 21.2. The smallest absolute Gasteiger partial charge is 0.317 e. The molecule has 0 unspecified atom stereocenters. The molecule has 0 spiro atoms. The molecule has 6 rings (SSSR count). The van der Waals surface area contributed by atoms with Gasteiger partial charge < -0.3 is 19.8 Å². The third kappa shape index (κ3) is 4.84. The Kier molecular flexibility index (Phi) is 6.50. The Hall–Kier alpha value is -3.89. The van der Waals surface area contributed by atoms with Crippen LogP contribution in [0.5, 0.6) is 0 Å². The van der Waals surface area contributed by atoms with Crippen molar-refractivity contribution in [2.75, 3.05) is 30.9 Å². The second kappa shape index (κ2) is 10.1. The largest absolute Gasteiger partial charge is 0.402 e. The van der Waals surface area contributed by atoms with E-state index in [2.05, 4.69) is 27.8 Å². The Morgan fingerprint density at radius 2 is 1.89 bits per heavy atom. The highest BCUT2D eigenvalue weighted by Crippen LogP contribution is 2.51. The summed E-state index contributed by atoms with van der Waals surface area (Å²) in [5.74, 6) is 0.207. The molecule has 1 atom stereocenters. The van der Waals surface area contributed by atoms with E-state index in [4.69, 9.17) is 19.1 Å². The van der Waals surface area contributed by atoms with E-state index in [9.17, 15) is 4.79 Å². The predicted molar refractivity (Wildman–Crippen MR) is 147 cm³/mol. The maximum absolute atomic E-state index is 13.3. The van der Waals surface area contributed by atoms with Crippen LogP contribution in [0.4, 0.5) is 11.0 Å². The molecule has 9 nitrogen and oxygen atoms in total. The van der Waals surface area contributed by atoms with Crippen LogP contribution in [0.1, 0.15) is 41.5 Å². The zero-order chi connectivity index (χ0) is 26.1. The van der Waals surface area contributed by atoms with E-state index in [0.717, 1.165) is 45.3 Å². The number of carbonyl (C=O) groups is 1. The predicted octanol–water partition coefficient (Wildman–Crippen LogP) is 4.70. The van der Waals surface area contributed by atoms with Gasteiger partial charge in [0.2, 0.25) is 0 Å². The van der Waals surface area contributed by atoms with Crippen molar-refractivity contribution < 1.29 is 13.9 Å². The second-order valence-electron chi connectivity index (χ2n) is 9.78. The number of methoxy groups -OCH3 is 1. The summed E-state index contributed by atoms with van der Waals surface area (Å²) in [5, 5.41) is 16.8. The molecule has 0 saturated heterocycles. The lowest BCUT2D eigenvalue weighted by Gasteiger charge is -2.11. The normalized spacial score (nSPS) is 17.9. The minimum atomic E-state index is -0.874. The minimum Gasteiger partial charge on any atom is -0.402 e. The highest BCUT2D eigenvalue weighted by Gasteiger charge is 2.43. The number of Topliss-reactive ketones (excluding diaryl/α,β-unsaturated/α-hetero) is 1.